The Morgan fingerprint density at radius 2 is 1.70 bits per heavy atom. The van der Waals surface area contributed by atoms with Gasteiger partial charge in [0, 0.05) is 0 Å². The average Bonchev–Trinajstić information content (AvgIpc) is 2.96. The van der Waals surface area contributed by atoms with E-state index < -0.39 is 21.7 Å². The summed E-state index contributed by atoms with van der Waals surface area (Å²) in [5.41, 5.74) is 1.23. The molecule has 0 saturated carbocycles. The Balaban J connectivity index is 2.12. The first-order chi connectivity index (χ1) is 11.1. The van der Waals surface area contributed by atoms with E-state index in [1.807, 2.05) is 0 Å². The number of hydrogen-bond acceptors (Lipinski definition) is 4. The molecule has 1 aliphatic carbocycles. The zero-order valence-corrected chi connectivity index (χ0v) is 13.4. The standard InChI is InChI=1S/C18H16O4S/c1-2-22-18(19)16-12-17(15-11-7-6-10-14(15)16)23(20,21)13-8-4-3-5-9-13/h3-12,16H,2H2,1H3. The second-order valence-corrected chi connectivity index (χ2v) is 7.08. The molecule has 0 saturated heterocycles. The molecule has 0 fully saturated rings. The zero-order chi connectivity index (χ0) is 16.4. The molecule has 0 spiro atoms. The summed E-state index contributed by atoms with van der Waals surface area (Å²) in [4.78, 5) is 12.5. The molecule has 0 heterocycles. The van der Waals surface area contributed by atoms with Crippen LogP contribution in [0.5, 0.6) is 0 Å². The van der Waals surface area contributed by atoms with E-state index in [1.165, 1.54) is 6.08 Å². The van der Waals surface area contributed by atoms with E-state index in [0.29, 0.717) is 11.1 Å². The Kier molecular flexibility index (Phi) is 4.05. The van der Waals surface area contributed by atoms with Crippen molar-refractivity contribution in [2.45, 2.75) is 17.7 Å². The molecule has 0 bridgehead atoms. The number of ether oxygens (including phenoxy) is 1. The van der Waals surface area contributed by atoms with Crippen LogP contribution in [0.25, 0.3) is 4.91 Å². The van der Waals surface area contributed by atoms with Crippen LogP contribution < -0.4 is 0 Å². The smallest absolute Gasteiger partial charge is 0.317 e. The Hall–Kier alpha value is -2.40. The van der Waals surface area contributed by atoms with Crippen LogP contribution in [0.15, 0.2) is 65.6 Å². The number of sulfone groups is 1. The van der Waals surface area contributed by atoms with E-state index in [4.69, 9.17) is 4.74 Å². The second-order valence-electron chi connectivity index (χ2n) is 5.16. The van der Waals surface area contributed by atoms with Crippen molar-refractivity contribution in [1.29, 1.82) is 0 Å². The Bertz CT molecular complexity index is 867. The van der Waals surface area contributed by atoms with E-state index in [0.717, 1.165) is 0 Å². The molecule has 3 rings (SSSR count). The predicted octanol–water partition coefficient (Wildman–Crippen LogP) is 3.16. The van der Waals surface area contributed by atoms with Gasteiger partial charge in [-0.1, -0.05) is 42.5 Å². The number of carbonyl (C=O) groups is 1. The number of benzene rings is 2. The second kappa shape index (κ2) is 6.01. The Morgan fingerprint density at radius 1 is 1.04 bits per heavy atom. The third-order valence-electron chi connectivity index (χ3n) is 3.76. The summed E-state index contributed by atoms with van der Waals surface area (Å²) < 4.78 is 30.9. The molecule has 5 heteroatoms. The van der Waals surface area contributed by atoms with Crippen LogP contribution in [0.1, 0.15) is 24.0 Å². The van der Waals surface area contributed by atoms with Gasteiger partial charge < -0.3 is 4.74 Å². The van der Waals surface area contributed by atoms with Crippen molar-refractivity contribution in [2.24, 2.45) is 0 Å². The summed E-state index contributed by atoms with van der Waals surface area (Å²) in [6.07, 6.45) is 1.49. The zero-order valence-electron chi connectivity index (χ0n) is 12.6. The van der Waals surface area contributed by atoms with Crippen molar-refractivity contribution in [3.05, 3.63) is 71.8 Å². The molecule has 0 aliphatic heterocycles. The maximum Gasteiger partial charge on any atom is 0.317 e. The van der Waals surface area contributed by atoms with Crippen molar-refractivity contribution in [3.8, 4) is 0 Å². The number of carbonyl (C=O) groups excluding carboxylic acids is 1. The molecule has 0 aromatic heterocycles. The molecule has 2 aromatic rings. The van der Waals surface area contributed by atoms with Gasteiger partial charge in [-0.05, 0) is 36.3 Å². The normalized spacial score (nSPS) is 16.6. The van der Waals surface area contributed by atoms with Crippen molar-refractivity contribution in [1.82, 2.24) is 0 Å². The summed E-state index contributed by atoms with van der Waals surface area (Å²) in [6.45, 7) is 1.98. The quantitative estimate of drug-likeness (QED) is 0.809. The van der Waals surface area contributed by atoms with Gasteiger partial charge in [-0.25, -0.2) is 8.42 Å². The number of rotatable bonds is 4. The minimum atomic E-state index is -3.68. The molecule has 1 atom stereocenters. The van der Waals surface area contributed by atoms with E-state index in [9.17, 15) is 13.2 Å². The first-order valence-electron chi connectivity index (χ1n) is 7.33. The Labute approximate surface area is 135 Å². The van der Waals surface area contributed by atoms with E-state index in [2.05, 4.69) is 0 Å². The van der Waals surface area contributed by atoms with Crippen LogP contribution in [-0.4, -0.2) is 21.0 Å². The van der Waals surface area contributed by atoms with Gasteiger partial charge >= 0.3 is 5.97 Å². The SMILES string of the molecule is CCOC(=O)C1C=C(S(=O)(=O)c2ccccc2)c2ccccc21. The minimum absolute atomic E-state index is 0.164. The lowest BCUT2D eigenvalue weighted by atomic mass is 10.0. The molecule has 23 heavy (non-hydrogen) atoms. The summed E-state index contributed by atoms with van der Waals surface area (Å²) >= 11 is 0. The van der Waals surface area contributed by atoms with Crippen LogP contribution in [0.2, 0.25) is 0 Å². The highest BCUT2D eigenvalue weighted by Crippen LogP contribution is 2.41. The number of hydrogen-bond donors (Lipinski definition) is 0. The lowest BCUT2D eigenvalue weighted by Crippen LogP contribution is -2.12. The van der Waals surface area contributed by atoms with Crippen molar-refractivity contribution in [3.63, 3.8) is 0 Å². The third-order valence-corrected chi connectivity index (χ3v) is 5.59. The fourth-order valence-electron chi connectivity index (χ4n) is 2.71. The minimum Gasteiger partial charge on any atom is -0.465 e. The summed E-state index contributed by atoms with van der Waals surface area (Å²) in [7, 11) is -3.68. The largest absolute Gasteiger partial charge is 0.465 e. The molecule has 0 N–H and O–H groups in total. The molecule has 4 nitrogen and oxygen atoms in total. The maximum absolute atomic E-state index is 12.9. The van der Waals surface area contributed by atoms with Gasteiger partial charge in [0.2, 0.25) is 9.84 Å². The fourth-order valence-corrected chi connectivity index (χ4v) is 4.27. The Morgan fingerprint density at radius 3 is 2.39 bits per heavy atom. The van der Waals surface area contributed by atoms with Crippen molar-refractivity contribution in [2.75, 3.05) is 6.61 Å². The first-order valence-corrected chi connectivity index (χ1v) is 8.82. The first kappa shape index (κ1) is 15.5. The lowest BCUT2D eigenvalue weighted by Gasteiger charge is -2.09. The highest BCUT2D eigenvalue weighted by Gasteiger charge is 2.35. The fraction of sp³-hybridized carbons (Fsp3) is 0.167. The summed E-state index contributed by atoms with van der Waals surface area (Å²) in [5, 5.41) is 0. The van der Waals surface area contributed by atoms with Crippen molar-refractivity contribution < 1.29 is 17.9 Å². The highest BCUT2D eigenvalue weighted by atomic mass is 32.2. The lowest BCUT2D eigenvalue weighted by molar-refractivity contribution is -0.143. The summed E-state index contributed by atoms with van der Waals surface area (Å²) in [5.74, 6) is -1.11. The molecule has 1 unspecified atom stereocenters. The predicted molar refractivity (Wildman–Crippen MR) is 87.4 cm³/mol. The van der Waals surface area contributed by atoms with Crippen LogP contribution in [0.3, 0.4) is 0 Å². The van der Waals surface area contributed by atoms with Crippen LogP contribution >= 0.6 is 0 Å². The van der Waals surface area contributed by atoms with Gasteiger partial charge in [-0.2, -0.15) is 0 Å². The van der Waals surface area contributed by atoms with Gasteiger partial charge in [0.15, 0.2) is 0 Å². The highest BCUT2D eigenvalue weighted by molar-refractivity contribution is 8.00. The molecule has 0 amide bonds. The van der Waals surface area contributed by atoms with Crippen molar-refractivity contribution >= 4 is 20.7 Å². The third kappa shape index (κ3) is 2.68. The average molecular weight is 328 g/mol. The molecule has 0 radical (unpaired) electrons. The van der Waals surface area contributed by atoms with Crippen LogP contribution in [0.4, 0.5) is 0 Å². The number of fused-ring (bicyclic) bond motifs is 1. The van der Waals surface area contributed by atoms with Crippen LogP contribution in [0, 0.1) is 0 Å². The molecule has 1 aliphatic rings. The monoisotopic (exact) mass is 328 g/mol. The molecule has 118 valence electrons. The van der Waals surface area contributed by atoms with E-state index >= 15 is 0 Å². The topological polar surface area (TPSA) is 60.4 Å². The van der Waals surface area contributed by atoms with Gasteiger partial charge in [0.25, 0.3) is 0 Å². The molecular weight excluding hydrogens is 312 g/mol. The van der Waals surface area contributed by atoms with Crippen LogP contribution in [-0.2, 0) is 19.4 Å². The van der Waals surface area contributed by atoms with Gasteiger partial charge in [0.1, 0.15) is 5.92 Å². The maximum atomic E-state index is 12.9. The molecule has 2 aromatic carbocycles. The van der Waals surface area contributed by atoms with E-state index in [1.54, 1.807) is 61.5 Å². The van der Waals surface area contributed by atoms with E-state index in [-0.39, 0.29) is 16.4 Å². The number of esters is 1. The summed E-state index contributed by atoms with van der Waals surface area (Å²) in [6, 6.07) is 15.3. The van der Waals surface area contributed by atoms with Gasteiger partial charge in [-0.15, -0.1) is 0 Å². The van der Waals surface area contributed by atoms with Gasteiger partial charge in [-0.3, -0.25) is 4.79 Å². The van der Waals surface area contributed by atoms with Gasteiger partial charge in [0.05, 0.1) is 16.4 Å². The molecular formula is C18H16O4S.